The predicted octanol–water partition coefficient (Wildman–Crippen LogP) is 2.35. The first-order chi connectivity index (χ1) is 6.64. The van der Waals surface area contributed by atoms with Crippen LogP contribution < -0.4 is 0 Å². The number of hydrogen-bond acceptors (Lipinski definition) is 2. The van der Waals surface area contributed by atoms with Crippen molar-refractivity contribution in [1.29, 1.82) is 0 Å². The number of allylic oxidation sites excluding steroid dienone is 2. The van der Waals surface area contributed by atoms with E-state index in [2.05, 4.69) is 12.2 Å². The summed E-state index contributed by atoms with van der Waals surface area (Å²) < 4.78 is 11.6. The molecule has 2 nitrogen and oxygen atoms in total. The van der Waals surface area contributed by atoms with Crippen LogP contribution in [0.25, 0.3) is 0 Å². The molecule has 1 aliphatic heterocycles. The van der Waals surface area contributed by atoms with Gasteiger partial charge in [0.25, 0.3) is 0 Å². The maximum atomic E-state index is 5.93. The van der Waals surface area contributed by atoms with Crippen LogP contribution in [-0.2, 0) is 9.47 Å². The SMILES string of the molecule is CC1(C)OC[C@@H](C2CC3C=CC2C3)O1. The van der Waals surface area contributed by atoms with Gasteiger partial charge in [-0.1, -0.05) is 12.2 Å². The third kappa shape index (κ3) is 1.32. The second kappa shape index (κ2) is 2.83. The zero-order chi connectivity index (χ0) is 9.76. The minimum absolute atomic E-state index is 0.338. The van der Waals surface area contributed by atoms with E-state index in [4.69, 9.17) is 9.47 Å². The zero-order valence-corrected chi connectivity index (χ0v) is 8.90. The lowest BCUT2D eigenvalue weighted by Gasteiger charge is -2.25. The fourth-order valence-corrected chi connectivity index (χ4v) is 3.18. The minimum atomic E-state index is -0.351. The molecule has 14 heavy (non-hydrogen) atoms. The Bertz CT molecular complexity index is 269. The number of rotatable bonds is 1. The average Bonchev–Trinajstić information content (AvgIpc) is 2.77. The molecule has 0 amide bonds. The largest absolute Gasteiger partial charge is 0.348 e. The summed E-state index contributed by atoms with van der Waals surface area (Å²) in [6.07, 6.45) is 7.76. The molecule has 1 saturated heterocycles. The van der Waals surface area contributed by atoms with E-state index in [0.29, 0.717) is 12.0 Å². The van der Waals surface area contributed by atoms with Crippen molar-refractivity contribution in [2.45, 2.75) is 38.6 Å². The fourth-order valence-electron chi connectivity index (χ4n) is 3.18. The Labute approximate surface area is 85.3 Å². The van der Waals surface area contributed by atoms with E-state index in [0.717, 1.165) is 18.4 Å². The van der Waals surface area contributed by atoms with Gasteiger partial charge in [0.15, 0.2) is 5.79 Å². The van der Waals surface area contributed by atoms with Crippen LogP contribution in [0.1, 0.15) is 26.7 Å². The monoisotopic (exact) mass is 194 g/mol. The van der Waals surface area contributed by atoms with Crippen molar-refractivity contribution in [2.24, 2.45) is 17.8 Å². The lowest BCUT2D eigenvalue weighted by Crippen LogP contribution is -2.29. The van der Waals surface area contributed by atoms with Crippen molar-refractivity contribution in [3.8, 4) is 0 Å². The quantitative estimate of drug-likeness (QED) is 0.596. The molecule has 78 valence electrons. The summed E-state index contributed by atoms with van der Waals surface area (Å²) >= 11 is 0. The van der Waals surface area contributed by atoms with E-state index < -0.39 is 0 Å². The van der Waals surface area contributed by atoms with Gasteiger partial charge in [0.2, 0.25) is 0 Å². The van der Waals surface area contributed by atoms with Crippen LogP contribution in [0.4, 0.5) is 0 Å². The molecule has 0 aromatic rings. The minimum Gasteiger partial charge on any atom is -0.348 e. The van der Waals surface area contributed by atoms with Crippen LogP contribution in [0.2, 0.25) is 0 Å². The summed E-state index contributed by atoms with van der Waals surface area (Å²) in [5.74, 6) is 1.96. The van der Waals surface area contributed by atoms with Crippen LogP contribution >= 0.6 is 0 Å². The highest BCUT2D eigenvalue weighted by atomic mass is 16.7. The highest BCUT2D eigenvalue weighted by Gasteiger charge is 2.45. The van der Waals surface area contributed by atoms with E-state index in [-0.39, 0.29) is 5.79 Å². The molecule has 2 bridgehead atoms. The Morgan fingerprint density at radius 1 is 1.21 bits per heavy atom. The van der Waals surface area contributed by atoms with Gasteiger partial charge in [-0.15, -0.1) is 0 Å². The summed E-state index contributed by atoms with van der Waals surface area (Å²) in [4.78, 5) is 0. The van der Waals surface area contributed by atoms with Crippen LogP contribution in [0.5, 0.6) is 0 Å². The van der Waals surface area contributed by atoms with Crippen LogP contribution in [0.3, 0.4) is 0 Å². The third-order valence-electron chi connectivity index (χ3n) is 3.84. The molecule has 3 aliphatic rings. The van der Waals surface area contributed by atoms with Gasteiger partial charge in [-0.05, 0) is 44.4 Å². The molecule has 2 heteroatoms. The average molecular weight is 194 g/mol. The Kier molecular flexibility index (Phi) is 1.80. The predicted molar refractivity (Wildman–Crippen MR) is 53.7 cm³/mol. The normalized spacial score (nSPS) is 49.0. The van der Waals surface area contributed by atoms with Crippen molar-refractivity contribution < 1.29 is 9.47 Å². The van der Waals surface area contributed by atoms with E-state index >= 15 is 0 Å². The van der Waals surface area contributed by atoms with Gasteiger partial charge in [-0.25, -0.2) is 0 Å². The molecule has 3 unspecified atom stereocenters. The second-order valence-corrected chi connectivity index (χ2v) is 5.31. The number of fused-ring (bicyclic) bond motifs is 2. The summed E-state index contributed by atoms with van der Waals surface area (Å²) in [5, 5.41) is 0. The fraction of sp³-hybridized carbons (Fsp3) is 0.833. The lowest BCUT2D eigenvalue weighted by atomic mass is 9.89. The van der Waals surface area contributed by atoms with Crippen molar-refractivity contribution in [3.05, 3.63) is 12.2 Å². The second-order valence-electron chi connectivity index (χ2n) is 5.31. The number of hydrogen-bond donors (Lipinski definition) is 0. The Morgan fingerprint density at radius 3 is 2.57 bits per heavy atom. The molecule has 0 aromatic heterocycles. The maximum absolute atomic E-state index is 5.93. The first-order valence-electron chi connectivity index (χ1n) is 5.64. The Morgan fingerprint density at radius 2 is 2.07 bits per heavy atom. The molecule has 4 atom stereocenters. The molecule has 0 radical (unpaired) electrons. The van der Waals surface area contributed by atoms with Gasteiger partial charge in [-0.2, -0.15) is 0 Å². The summed E-state index contributed by atoms with van der Waals surface area (Å²) in [6.45, 7) is 4.81. The van der Waals surface area contributed by atoms with Crippen LogP contribution in [0, 0.1) is 17.8 Å². The van der Waals surface area contributed by atoms with Gasteiger partial charge in [-0.3, -0.25) is 0 Å². The van der Waals surface area contributed by atoms with Crippen molar-refractivity contribution in [2.75, 3.05) is 6.61 Å². The van der Waals surface area contributed by atoms with Crippen LogP contribution in [0.15, 0.2) is 12.2 Å². The van der Waals surface area contributed by atoms with Gasteiger partial charge in [0.05, 0.1) is 12.7 Å². The van der Waals surface area contributed by atoms with Crippen molar-refractivity contribution in [1.82, 2.24) is 0 Å². The molecule has 2 aliphatic carbocycles. The van der Waals surface area contributed by atoms with Gasteiger partial charge in [0.1, 0.15) is 0 Å². The highest BCUT2D eigenvalue weighted by Crippen LogP contribution is 2.47. The van der Waals surface area contributed by atoms with E-state index in [9.17, 15) is 0 Å². The third-order valence-corrected chi connectivity index (χ3v) is 3.84. The molecule has 3 rings (SSSR count). The lowest BCUT2D eigenvalue weighted by molar-refractivity contribution is -0.145. The first kappa shape index (κ1) is 8.93. The molecule has 1 saturated carbocycles. The molecular weight excluding hydrogens is 176 g/mol. The molecular formula is C12H18O2. The van der Waals surface area contributed by atoms with Gasteiger partial charge >= 0.3 is 0 Å². The zero-order valence-electron chi connectivity index (χ0n) is 8.90. The van der Waals surface area contributed by atoms with Gasteiger partial charge in [0, 0.05) is 0 Å². The van der Waals surface area contributed by atoms with E-state index in [1.54, 1.807) is 0 Å². The van der Waals surface area contributed by atoms with Crippen molar-refractivity contribution >= 4 is 0 Å². The van der Waals surface area contributed by atoms with Crippen molar-refractivity contribution in [3.63, 3.8) is 0 Å². The Hall–Kier alpha value is -0.340. The summed E-state index contributed by atoms with van der Waals surface area (Å²) in [5.41, 5.74) is 0. The molecule has 1 heterocycles. The molecule has 2 fully saturated rings. The molecule has 0 N–H and O–H groups in total. The number of ether oxygens (including phenoxy) is 2. The molecule has 0 spiro atoms. The smallest absolute Gasteiger partial charge is 0.163 e. The molecule has 0 aromatic carbocycles. The summed E-state index contributed by atoms with van der Waals surface area (Å²) in [7, 11) is 0. The topological polar surface area (TPSA) is 18.5 Å². The Balaban J connectivity index is 1.71. The van der Waals surface area contributed by atoms with Gasteiger partial charge < -0.3 is 9.47 Å². The van der Waals surface area contributed by atoms with Crippen LogP contribution in [-0.4, -0.2) is 18.5 Å². The highest BCUT2D eigenvalue weighted by molar-refractivity contribution is 5.11. The van der Waals surface area contributed by atoms with E-state index in [1.807, 2.05) is 13.8 Å². The maximum Gasteiger partial charge on any atom is 0.163 e. The van der Waals surface area contributed by atoms with E-state index in [1.165, 1.54) is 12.8 Å². The standard InChI is InChI=1S/C12H18O2/c1-12(2)13-7-11(14-12)10-6-8-3-4-9(10)5-8/h3-4,8-11H,5-7H2,1-2H3/t8?,9?,10?,11-/m0/s1. The summed E-state index contributed by atoms with van der Waals surface area (Å²) in [6, 6.07) is 0. The first-order valence-corrected chi connectivity index (χ1v) is 5.64.